The Balaban J connectivity index is 2.55. The first-order valence-electron chi connectivity index (χ1n) is 4.45. The second kappa shape index (κ2) is 3.58. The summed E-state index contributed by atoms with van der Waals surface area (Å²) in [5.41, 5.74) is 0.354. The van der Waals surface area contributed by atoms with E-state index in [9.17, 15) is 10.1 Å². The van der Waals surface area contributed by atoms with Gasteiger partial charge >= 0.3 is 0 Å². The van der Waals surface area contributed by atoms with Crippen molar-refractivity contribution in [1.82, 2.24) is 0 Å². The van der Waals surface area contributed by atoms with Gasteiger partial charge in [0.1, 0.15) is 6.61 Å². The summed E-state index contributed by atoms with van der Waals surface area (Å²) in [5, 5.41) is 14.1. The third-order valence-corrected chi connectivity index (χ3v) is 2.34. The fourth-order valence-corrected chi connectivity index (χ4v) is 1.68. The minimum absolute atomic E-state index is 0.0518. The van der Waals surface area contributed by atoms with E-state index in [-0.39, 0.29) is 11.7 Å². The van der Waals surface area contributed by atoms with E-state index in [0.717, 1.165) is 0 Å². The van der Waals surface area contributed by atoms with Crippen molar-refractivity contribution in [3.05, 3.63) is 27.3 Å². The molecule has 1 aliphatic rings. The molecule has 1 aromatic rings. The van der Waals surface area contributed by atoms with E-state index < -0.39 is 4.92 Å². The molecule has 0 spiro atoms. The topological polar surface area (TPSA) is 64.4 Å². The summed E-state index contributed by atoms with van der Waals surface area (Å²) in [6, 6.07) is 2.94. The van der Waals surface area contributed by atoms with E-state index in [1.165, 1.54) is 6.07 Å². The van der Waals surface area contributed by atoms with Crippen molar-refractivity contribution in [1.29, 1.82) is 0 Å². The fourth-order valence-electron chi connectivity index (χ4n) is 1.47. The molecule has 1 aliphatic heterocycles. The predicted molar refractivity (Wildman–Crippen MR) is 56.7 cm³/mol. The molecular weight excluding hydrogens is 220 g/mol. The third-order valence-electron chi connectivity index (χ3n) is 2.12. The van der Waals surface area contributed by atoms with Gasteiger partial charge in [-0.2, -0.15) is 0 Å². The molecule has 0 saturated carbocycles. The number of nitro groups is 1. The quantitative estimate of drug-likeness (QED) is 0.592. The zero-order chi connectivity index (χ0) is 11.0. The molecule has 80 valence electrons. The average molecular weight is 229 g/mol. The van der Waals surface area contributed by atoms with Crippen LogP contribution in [0.25, 0.3) is 0 Å². The molecule has 1 atom stereocenters. The minimum atomic E-state index is -0.473. The molecule has 1 N–H and O–H groups in total. The molecule has 15 heavy (non-hydrogen) atoms. The van der Waals surface area contributed by atoms with Crippen LogP contribution in [0.1, 0.15) is 6.92 Å². The Kier molecular flexibility index (Phi) is 2.40. The van der Waals surface area contributed by atoms with Crippen LogP contribution >= 0.6 is 11.6 Å². The Morgan fingerprint density at radius 2 is 2.40 bits per heavy atom. The summed E-state index contributed by atoms with van der Waals surface area (Å²) in [4.78, 5) is 10.3. The van der Waals surface area contributed by atoms with Gasteiger partial charge in [-0.1, -0.05) is 11.6 Å². The van der Waals surface area contributed by atoms with Crippen molar-refractivity contribution in [2.75, 3.05) is 11.9 Å². The maximum absolute atomic E-state index is 10.8. The highest BCUT2D eigenvalue weighted by Gasteiger charge is 2.25. The first kappa shape index (κ1) is 10.0. The van der Waals surface area contributed by atoms with Crippen LogP contribution < -0.4 is 10.1 Å². The molecule has 0 aliphatic carbocycles. The van der Waals surface area contributed by atoms with E-state index in [1.807, 2.05) is 6.92 Å². The Labute approximate surface area is 91.1 Å². The molecule has 6 heteroatoms. The largest absolute Gasteiger partial charge is 0.489 e. The van der Waals surface area contributed by atoms with Gasteiger partial charge in [0.05, 0.1) is 16.0 Å². The number of rotatable bonds is 1. The maximum atomic E-state index is 10.8. The van der Waals surface area contributed by atoms with Gasteiger partial charge in [-0.15, -0.1) is 0 Å². The summed E-state index contributed by atoms with van der Waals surface area (Å²) in [7, 11) is 0. The van der Waals surface area contributed by atoms with E-state index in [0.29, 0.717) is 23.1 Å². The second-order valence-electron chi connectivity index (χ2n) is 3.41. The Bertz CT molecular complexity index is 422. The van der Waals surface area contributed by atoms with E-state index in [2.05, 4.69) is 5.32 Å². The molecule has 1 unspecified atom stereocenters. The van der Waals surface area contributed by atoms with E-state index >= 15 is 0 Å². The van der Waals surface area contributed by atoms with Crippen LogP contribution in [0.4, 0.5) is 11.4 Å². The standard InChI is InChI=1S/C9H9ClN2O3/c1-5-4-15-8-3-6(10)2-7(12(13)14)9(8)11-5/h2-3,5,11H,4H2,1H3. The highest BCUT2D eigenvalue weighted by atomic mass is 35.5. The smallest absolute Gasteiger partial charge is 0.297 e. The van der Waals surface area contributed by atoms with Gasteiger partial charge in [0.25, 0.3) is 5.69 Å². The van der Waals surface area contributed by atoms with Gasteiger partial charge in [0, 0.05) is 12.1 Å². The predicted octanol–water partition coefficient (Wildman–Crippen LogP) is 2.44. The monoisotopic (exact) mass is 228 g/mol. The highest BCUT2D eigenvalue weighted by Crippen LogP contribution is 2.39. The number of halogens is 1. The summed E-state index contributed by atoms with van der Waals surface area (Å²) >= 11 is 5.75. The Morgan fingerprint density at radius 3 is 3.07 bits per heavy atom. The number of fused-ring (bicyclic) bond motifs is 1. The molecular formula is C9H9ClN2O3. The zero-order valence-corrected chi connectivity index (χ0v) is 8.75. The number of anilines is 1. The molecule has 0 fully saturated rings. The van der Waals surface area contributed by atoms with Gasteiger partial charge in [-0.05, 0) is 6.92 Å². The third kappa shape index (κ3) is 1.83. The van der Waals surface area contributed by atoms with Crippen molar-refractivity contribution in [2.24, 2.45) is 0 Å². The number of ether oxygens (including phenoxy) is 1. The highest BCUT2D eigenvalue weighted by molar-refractivity contribution is 6.31. The molecule has 1 heterocycles. The van der Waals surface area contributed by atoms with Crippen LogP contribution in [0.5, 0.6) is 5.75 Å². The van der Waals surface area contributed by atoms with Crippen molar-refractivity contribution >= 4 is 23.0 Å². The lowest BCUT2D eigenvalue weighted by atomic mass is 10.2. The Hall–Kier alpha value is -1.49. The van der Waals surface area contributed by atoms with Crippen LogP contribution in [-0.2, 0) is 0 Å². The lowest BCUT2D eigenvalue weighted by molar-refractivity contribution is -0.384. The SMILES string of the molecule is CC1COc2cc(Cl)cc([N+](=O)[O-])c2N1. The van der Waals surface area contributed by atoms with Crippen LogP contribution in [0.3, 0.4) is 0 Å². The van der Waals surface area contributed by atoms with Crippen molar-refractivity contribution in [3.8, 4) is 5.75 Å². The second-order valence-corrected chi connectivity index (χ2v) is 3.85. The summed E-state index contributed by atoms with van der Waals surface area (Å²) in [6.45, 7) is 2.37. The maximum Gasteiger partial charge on any atom is 0.297 e. The van der Waals surface area contributed by atoms with Crippen molar-refractivity contribution in [2.45, 2.75) is 13.0 Å². The molecule has 5 nitrogen and oxygen atoms in total. The Morgan fingerprint density at radius 1 is 1.67 bits per heavy atom. The lowest BCUT2D eigenvalue weighted by Gasteiger charge is -2.24. The normalized spacial score (nSPS) is 18.7. The zero-order valence-electron chi connectivity index (χ0n) is 7.99. The summed E-state index contributed by atoms with van der Waals surface area (Å²) in [6.07, 6.45) is 0. The molecule has 1 aromatic carbocycles. The summed E-state index contributed by atoms with van der Waals surface area (Å²) < 4.78 is 5.36. The molecule has 0 amide bonds. The minimum Gasteiger partial charge on any atom is -0.489 e. The molecule has 2 rings (SSSR count). The van der Waals surface area contributed by atoms with Crippen molar-refractivity contribution in [3.63, 3.8) is 0 Å². The molecule has 0 radical (unpaired) electrons. The van der Waals surface area contributed by atoms with Crippen molar-refractivity contribution < 1.29 is 9.66 Å². The van der Waals surface area contributed by atoms with Gasteiger partial charge in [-0.25, -0.2) is 0 Å². The lowest BCUT2D eigenvalue weighted by Crippen LogP contribution is -2.28. The molecule has 0 aromatic heterocycles. The average Bonchev–Trinajstić information content (AvgIpc) is 2.17. The van der Waals surface area contributed by atoms with Gasteiger partial charge in [0.2, 0.25) is 0 Å². The van der Waals surface area contributed by atoms with E-state index in [4.69, 9.17) is 16.3 Å². The molecule has 0 saturated heterocycles. The van der Waals surface area contributed by atoms with Crippen LogP contribution in [0.2, 0.25) is 5.02 Å². The number of nitrogens with one attached hydrogen (secondary N) is 1. The van der Waals surface area contributed by atoms with Crippen LogP contribution in [-0.4, -0.2) is 17.6 Å². The fraction of sp³-hybridized carbons (Fsp3) is 0.333. The number of benzene rings is 1. The van der Waals surface area contributed by atoms with Crippen LogP contribution in [0, 0.1) is 10.1 Å². The van der Waals surface area contributed by atoms with Gasteiger partial charge in [0.15, 0.2) is 11.4 Å². The number of nitro benzene ring substituents is 1. The first-order valence-corrected chi connectivity index (χ1v) is 4.83. The number of nitrogens with zero attached hydrogens (tertiary/aromatic N) is 1. The number of hydrogen-bond donors (Lipinski definition) is 1. The first-order chi connectivity index (χ1) is 7.08. The van der Waals surface area contributed by atoms with Gasteiger partial charge < -0.3 is 10.1 Å². The number of hydrogen-bond acceptors (Lipinski definition) is 4. The van der Waals surface area contributed by atoms with E-state index in [1.54, 1.807) is 6.07 Å². The summed E-state index contributed by atoms with van der Waals surface area (Å²) in [5.74, 6) is 0.437. The molecule has 0 bridgehead atoms. The van der Waals surface area contributed by atoms with Crippen LogP contribution in [0.15, 0.2) is 12.1 Å². The van der Waals surface area contributed by atoms with Gasteiger partial charge in [-0.3, -0.25) is 10.1 Å².